The van der Waals surface area contributed by atoms with Crippen LogP contribution in [0, 0.1) is 0 Å². The van der Waals surface area contributed by atoms with Crippen LogP contribution in [0.2, 0.25) is 0 Å². The van der Waals surface area contributed by atoms with E-state index in [0.29, 0.717) is 0 Å². The molecule has 0 bridgehead atoms. The summed E-state index contributed by atoms with van der Waals surface area (Å²) in [5.41, 5.74) is 4.26. The quantitative estimate of drug-likeness (QED) is 0.707. The zero-order valence-corrected chi connectivity index (χ0v) is 16.8. The minimum atomic E-state index is -4.11. The van der Waals surface area contributed by atoms with Gasteiger partial charge in [0, 0.05) is 0 Å². The summed E-state index contributed by atoms with van der Waals surface area (Å²) in [7, 11) is 0. The van der Waals surface area contributed by atoms with E-state index in [1.807, 2.05) is 72.8 Å². The molecule has 0 aromatic heterocycles. The molecule has 0 aliphatic heterocycles. The van der Waals surface area contributed by atoms with Gasteiger partial charge in [-0.25, -0.2) is 0 Å². The Morgan fingerprint density at radius 3 is 1.56 bits per heavy atom. The first-order valence-electron chi connectivity index (χ1n) is 8.94. The Morgan fingerprint density at radius 2 is 1.15 bits per heavy atom. The van der Waals surface area contributed by atoms with Crippen LogP contribution in [0.3, 0.4) is 0 Å². The average molecular weight is 396 g/mol. The molecule has 0 amide bonds. The number of hydrogen-bond donors (Lipinski definition) is 0. The van der Waals surface area contributed by atoms with Crippen LogP contribution in [0.1, 0.15) is 44.5 Å². The standard InChI is InChI=1S/2C9H7.2C2H4O2.Ti/c2*1-2-5-9-7-3-6-8(9)4-1;2*1-2(3)4;/h2*1-7H;2*1H3,(H,3,4);/q;;;;+2/p-2. The monoisotopic (exact) mass is 396 g/mol. The van der Waals surface area contributed by atoms with E-state index < -0.39 is 29.3 Å². The van der Waals surface area contributed by atoms with Crippen molar-refractivity contribution in [2.24, 2.45) is 0 Å². The van der Waals surface area contributed by atoms with E-state index in [2.05, 4.69) is 0 Å². The molecule has 0 radical (unpaired) electrons. The van der Waals surface area contributed by atoms with Crippen molar-refractivity contribution in [3.05, 3.63) is 82.9 Å². The zero-order chi connectivity index (χ0) is 19.0. The average Bonchev–Trinajstić information content (AvgIpc) is 3.25. The first kappa shape index (κ1) is 18.0. The molecular formula is C22H20O4Ti. The van der Waals surface area contributed by atoms with Gasteiger partial charge in [-0.3, -0.25) is 0 Å². The van der Waals surface area contributed by atoms with Crippen molar-refractivity contribution in [2.45, 2.75) is 22.3 Å². The van der Waals surface area contributed by atoms with Crippen molar-refractivity contribution >= 4 is 24.1 Å². The second-order valence-electron chi connectivity index (χ2n) is 6.84. The zero-order valence-electron chi connectivity index (χ0n) is 15.2. The van der Waals surface area contributed by atoms with Crippen LogP contribution in [0.15, 0.2) is 60.7 Å². The van der Waals surface area contributed by atoms with Crippen LogP contribution in [0.4, 0.5) is 0 Å². The molecule has 2 aromatic rings. The summed E-state index contributed by atoms with van der Waals surface area (Å²) in [4.78, 5) is 24.3. The van der Waals surface area contributed by atoms with E-state index >= 15 is 0 Å². The molecule has 2 unspecified atom stereocenters. The molecular weight excluding hydrogens is 376 g/mol. The van der Waals surface area contributed by atoms with Crippen LogP contribution in [-0.4, -0.2) is 11.9 Å². The molecule has 0 N–H and O–H groups in total. The van der Waals surface area contributed by atoms with Gasteiger partial charge in [0.15, 0.2) is 0 Å². The summed E-state index contributed by atoms with van der Waals surface area (Å²) in [6.45, 7) is 2.78. The molecule has 0 spiro atoms. The Morgan fingerprint density at radius 1 is 0.741 bits per heavy atom. The third-order valence-electron chi connectivity index (χ3n) is 5.07. The normalized spacial score (nSPS) is 19.5. The number of carbonyl (C=O) groups is 2. The number of hydrogen-bond acceptors (Lipinski definition) is 4. The van der Waals surface area contributed by atoms with Gasteiger partial charge >= 0.3 is 163 Å². The Bertz CT molecular complexity index is 896. The second kappa shape index (κ2) is 6.95. The first-order valence-corrected chi connectivity index (χ1v) is 12.0. The van der Waals surface area contributed by atoms with Gasteiger partial charge in [-0.05, 0) is 0 Å². The summed E-state index contributed by atoms with van der Waals surface area (Å²) in [6, 6.07) is 16.0. The van der Waals surface area contributed by atoms with E-state index in [1.165, 1.54) is 13.8 Å². The fourth-order valence-corrected chi connectivity index (χ4v) is 10.3. The van der Waals surface area contributed by atoms with Crippen LogP contribution in [0.25, 0.3) is 12.2 Å². The van der Waals surface area contributed by atoms with Crippen LogP contribution in [0.5, 0.6) is 0 Å². The summed E-state index contributed by atoms with van der Waals surface area (Å²) in [6.07, 6.45) is 8.12. The van der Waals surface area contributed by atoms with Crippen molar-refractivity contribution in [1.82, 2.24) is 0 Å². The molecule has 4 nitrogen and oxygen atoms in total. The molecule has 0 saturated heterocycles. The van der Waals surface area contributed by atoms with Gasteiger partial charge in [-0.2, -0.15) is 0 Å². The molecule has 4 rings (SSSR count). The molecule has 0 fully saturated rings. The van der Waals surface area contributed by atoms with Crippen molar-refractivity contribution in [1.29, 1.82) is 0 Å². The van der Waals surface area contributed by atoms with E-state index in [4.69, 9.17) is 6.64 Å². The summed E-state index contributed by atoms with van der Waals surface area (Å²) < 4.78 is 11.6. The topological polar surface area (TPSA) is 52.6 Å². The van der Waals surface area contributed by atoms with Crippen molar-refractivity contribution in [3.63, 3.8) is 0 Å². The van der Waals surface area contributed by atoms with E-state index in [9.17, 15) is 9.59 Å². The maximum absolute atomic E-state index is 12.2. The number of fused-ring (bicyclic) bond motifs is 2. The van der Waals surface area contributed by atoms with Gasteiger partial charge in [0.2, 0.25) is 0 Å². The Balaban J connectivity index is 1.91. The predicted molar refractivity (Wildman–Crippen MR) is 100.0 cm³/mol. The molecule has 2 aliphatic carbocycles. The molecule has 2 atom stereocenters. The maximum atomic E-state index is 12.2. The van der Waals surface area contributed by atoms with Crippen LogP contribution in [-0.2, 0) is 33.6 Å². The second-order valence-corrected chi connectivity index (χ2v) is 11.7. The number of carbonyl (C=O) groups excluding carboxylic acids is 2. The third kappa shape index (κ3) is 3.09. The fraction of sp³-hybridized carbons (Fsp3) is 0.182. The Kier molecular flexibility index (Phi) is 4.62. The van der Waals surface area contributed by atoms with Crippen molar-refractivity contribution < 1.29 is 33.6 Å². The number of benzene rings is 2. The predicted octanol–water partition coefficient (Wildman–Crippen LogP) is 4.63. The molecule has 0 saturated carbocycles. The molecule has 136 valence electrons. The van der Waals surface area contributed by atoms with Crippen molar-refractivity contribution in [2.75, 3.05) is 0 Å². The van der Waals surface area contributed by atoms with Crippen LogP contribution >= 0.6 is 0 Å². The molecule has 2 aliphatic rings. The minimum absolute atomic E-state index is 0.213. The van der Waals surface area contributed by atoms with Gasteiger partial charge in [0.05, 0.1) is 0 Å². The van der Waals surface area contributed by atoms with Crippen LogP contribution < -0.4 is 0 Å². The summed E-state index contributed by atoms with van der Waals surface area (Å²) >= 11 is -4.11. The fourth-order valence-electron chi connectivity index (χ4n) is 4.12. The van der Waals surface area contributed by atoms with Gasteiger partial charge < -0.3 is 0 Å². The van der Waals surface area contributed by atoms with Gasteiger partial charge in [0.25, 0.3) is 0 Å². The number of rotatable bonds is 4. The van der Waals surface area contributed by atoms with Gasteiger partial charge in [-0.15, -0.1) is 0 Å². The number of allylic oxidation sites excluding steroid dienone is 2. The van der Waals surface area contributed by atoms with E-state index in [0.717, 1.165) is 22.3 Å². The molecule has 27 heavy (non-hydrogen) atoms. The molecule has 2 aromatic carbocycles. The Hall–Kier alpha value is -2.43. The first-order chi connectivity index (χ1) is 13.0. The third-order valence-corrected chi connectivity index (χ3v) is 11.2. The van der Waals surface area contributed by atoms with Gasteiger partial charge in [0.1, 0.15) is 0 Å². The Labute approximate surface area is 162 Å². The van der Waals surface area contributed by atoms with E-state index in [1.54, 1.807) is 0 Å². The molecule has 5 heteroatoms. The van der Waals surface area contributed by atoms with E-state index in [-0.39, 0.29) is 8.45 Å². The van der Waals surface area contributed by atoms with Gasteiger partial charge in [-0.1, -0.05) is 0 Å². The summed E-state index contributed by atoms with van der Waals surface area (Å²) in [5, 5.41) is 0. The van der Waals surface area contributed by atoms with Crippen molar-refractivity contribution in [3.8, 4) is 0 Å². The molecule has 0 heterocycles. The SMILES string of the molecule is CC(=O)[O][Ti]([O]C(C)=O)([CH]1C=Cc2ccccc21)[CH]1C=Cc2ccccc21. The summed E-state index contributed by atoms with van der Waals surface area (Å²) in [5.74, 6) is -0.821.